The summed E-state index contributed by atoms with van der Waals surface area (Å²) in [6, 6.07) is 13.3. The van der Waals surface area contributed by atoms with Crippen LogP contribution in [0.3, 0.4) is 0 Å². The largest absolute Gasteiger partial charge is 0.496 e. The number of aldehydes is 1. The molecule has 1 fully saturated rings. The Kier molecular flexibility index (Phi) is 8.43. The van der Waals surface area contributed by atoms with Crippen molar-refractivity contribution in [2.24, 2.45) is 5.92 Å². The number of nitrogens with zero attached hydrogens (tertiary/aromatic N) is 3. The molecule has 1 aliphatic rings. The van der Waals surface area contributed by atoms with Gasteiger partial charge in [0, 0.05) is 22.7 Å². The first-order chi connectivity index (χ1) is 19.5. The van der Waals surface area contributed by atoms with Crippen LogP contribution in [-0.4, -0.2) is 40.9 Å². The zero-order chi connectivity index (χ0) is 28.1. The Hall–Kier alpha value is -4.20. The number of aromatic nitrogens is 3. The number of benzene rings is 2. The van der Waals surface area contributed by atoms with Gasteiger partial charge in [-0.2, -0.15) is 0 Å². The molecule has 1 aliphatic carbocycles. The lowest BCUT2D eigenvalue weighted by molar-refractivity contribution is -0.108. The Morgan fingerprint density at radius 2 is 1.85 bits per heavy atom. The topological polar surface area (TPSA) is 95.3 Å². The van der Waals surface area contributed by atoms with Crippen LogP contribution in [0.5, 0.6) is 11.5 Å². The van der Waals surface area contributed by atoms with E-state index >= 15 is 0 Å². The minimum atomic E-state index is -0.382. The number of para-hydroxylation sites is 1. The molecule has 8 nitrogen and oxygen atoms in total. The molecule has 0 saturated heterocycles. The maximum Gasteiger partial charge on any atom is 0.274 e. The lowest BCUT2D eigenvalue weighted by Crippen LogP contribution is -2.19. The summed E-state index contributed by atoms with van der Waals surface area (Å²) in [6.45, 7) is 2.04. The zero-order valence-electron chi connectivity index (χ0n) is 23.4. The van der Waals surface area contributed by atoms with E-state index in [-0.39, 0.29) is 18.4 Å². The number of anilines is 1. The van der Waals surface area contributed by atoms with Gasteiger partial charge in [-0.3, -0.25) is 10.1 Å². The molecule has 2 aromatic carbocycles. The van der Waals surface area contributed by atoms with Crippen LogP contribution in [0.1, 0.15) is 60.1 Å². The van der Waals surface area contributed by atoms with Gasteiger partial charge in [0.25, 0.3) is 5.91 Å². The summed E-state index contributed by atoms with van der Waals surface area (Å²) in [5.41, 5.74) is 4.65. The fourth-order valence-corrected chi connectivity index (χ4v) is 5.79. The van der Waals surface area contributed by atoms with Crippen molar-refractivity contribution in [3.8, 4) is 22.8 Å². The molecule has 2 heterocycles. The van der Waals surface area contributed by atoms with Gasteiger partial charge in [0.2, 0.25) is 5.95 Å². The number of carbonyl (C=O) groups is 2. The number of nitrogens with one attached hydrogen (secondary N) is 1. The van der Waals surface area contributed by atoms with Gasteiger partial charge in [-0.05, 0) is 61.1 Å². The molecule has 1 saturated carbocycles. The Morgan fingerprint density at radius 1 is 1.07 bits per heavy atom. The van der Waals surface area contributed by atoms with Crippen molar-refractivity contribution in [2.75, 3.05) is 19.5 Å². The fourth-order valence-electron chi connectivity index (χ4n) is 5.79. The number of carbonyl (C=O) groups excluding carboxylic acids is 2. The summed E-state index contributed by atoms with van der Waals surface area (Å²) in [5, 5.41) is 3.75. The molecular weight excluding hydrogens is 504 g/mol. The quantitative estimate of drug-likeness (QED) is 0.234. The average Bonchev–Trinajstić information content (AvgIpc) is 3.35. The van der Waals surface area contributed by atoms with E-state index in [0.717, 1.165) is 52.5 Å². The molecule has 8 heteroatoms. The van der Waals surface area contributed by atoms with Gasteiger partial charge in [-0.25, -0.2) is 9.97 Å². The SMILES string of the molecule is COc1cc(-c2nc(NC(=O)c3cc4ccccc4n3CC=O)ncc2CCC2CCCCC2)c(OC)cc1C. The molecule has 4 aromatic rings. The third-order valence-electron chi connectivity index (χ3n) is 7.91. The van der Waals surface area contributed by atoms with E-state index in [4.69, 9.17) is 14.5 Å². The first-order valence-electron chi connectivity index (χ1n) is 13.9. The van der Waals surface area contributed by atoms with Crippen molar-refractivity contribution >= 4 is 29.0 Å². The van der Waals surface area contributed by atoms with Crippen LogP contribution in [0, 0.1) is 12.8 Å². The number of rotatable bonds is 10. The Labute approximate surface area is 234 Å². The predicted octanol–water partition coefficient (Wildman–Crippen LogP) is 6.39. The first kappa shape index (κ1) is 27.4. The number of amides is 1. The van der Waals surface area contributed by atoms with Crippen LogP contribution >= 0.6 is 0 Å². The molecule has 0 aliphatic heterocycles. The first-order valence-corrected chi connectivity index (χ1v) is 13.9. The fraction of sp³-hybridized carbons (Fsp3) is 0.375. The second-order valence-corrected chi connectivity index (χ2v) is 10.5. The molecule has 0 bridgehead atoms. The van der Waals surface area contributed by atoms with Gasteiger partial charge in [0.05, 0.1) is 26.5 Å². The molecule has 1 N–H and O–H groups in total. The molecule has 2 aromatic heterocycles. The highest BCUT2D eigenvalue weighted by Crippen LogP contribution is 2.38. The summed E-state index contributed by atoms with van der Waals surface area (Å²) < 4.78 is 13.1. The highest BCUT2D eigenvalue weighted by Gasteiger charge is 2.21. The van der Waals surface area contributed by atoms with Crippen molar-refractivity contribution in [2.45, 2.75) is 58.4 Å². The monoisotopic (exact) mass is 540 g/mol. The zero-order valence-corrected chi connectivity index (χ0v) is 23.4. The van der Waals surface area contributed by atoms with Crippen molar-refractivity contribution in [1.29, 1.82) is 0 Å². The number of aryl methyl sites for hydroxylation is 2. The second kappa shape index (κ2) is 12.3. The van der Waals surface area contributed by atoms with E-state index in [1.54, 1.807) is 24.9 Å². The van der Waals surface area contributed by atoms with Crippen molar-refractivity contribution in [1.82, 2.24) is 14.5 Å². The highest BCUT2D eigenvalue weighted by molar-refractivity contribution is 6.06. The highest BCUT2D eigenvalue weighted by atomic mass is 16.5. The third-order valence-corrected chi connectivity index (χ3v) is 7.91. The summed E-state index contributed by atoms with van der Waals surface area (Å²) in [7, 11) is 3.29. The number of hydrogen-bond donors (Lipinski definition) is 1. The van der Waals surface area contributed by atoms with Gasteiger partial charge < -0.3 is 18.8 Å². The molecule has 40 heavy (non-hydrogen) atoms. The Morgan fingerprint density at radius 3 is 2.60 bits per heavy atom. The molecule has 5 rings (SSSR count). The van der Waals surface area contributed by atoms with Crippen LogP contribution in [0.2, 0.25) is 0 Å². The maximum absolute atomic E-state index is 13.4. The number of hydrogen-bond acceptors (Lipinski definition) is 6. The summed E-state index contributed by atoms with van der Waals surface area (Å²) >= 11 is 0. The molecule has 0 spiro atoms. The van der Waals surface area contributed by atoms with E-state index in [1.165, 1.54) is 32.1 Å². The van der Waals surface area contributed by atoms with Crippen LogP contribution in [0.4, 0.5) is 5.95 Å². The lowest BCUT2D eigenvalue weighted by atomic mass is 9.85. The van der Waals surface area contributed by atoms with Crippen LogP contribution in [0.25, 0.3) is 22.2 Å². The van der Waals surface area contributed by atoms with Gasteiger partial charge in [0.15, 0.2) is 0 Å². The average molecular weight is 541 g/mol. The smallest absolute Gasteiger partial charge is 0.274 e. The molecule has 0 atom stereocenters. The van der Waals surface area contributed by atoms with Crippen LogP contribution in [-0.2, 0) is 17.8 Å². The van der Waals surface area contributed by atoms with Crippen LogP contribution < -0.4 is 14.8 Å². The van der Waals surface area contributed by atoms with E-state index in [9.17, 15) is 9.59 Å². The van der Waals surface area contributed by atoms with Gasteiger partial charge in [-0.1, -0.05) is 50.3 Å². The Balaban J connectivity index is 1.51. The Bertz CT molecular complexity index is 1520. The molecule has 208 valence electrons. The second-order valence-electron chi connectivity index (χ2n) is 10.5. The summed E-state index contributed by atoms with van der Waals surface area (Å²) in [6.07, 6.45) is 10.9. The standard InChI is InChI=1S/C32H36N4O4/c1-21-17-29(40-3)25(19-28(21)39-2)30-24(14-13-22-9-5-4-6-10-22)20-33-32(34-30)35-31(38)27-18-23-11-7-8-12-26(23)36(27)15-16-37/h7-8,11-12,16-20,22H,4-6,9-10,13-15H2,1-3H3,(H,33,34,35,38). The summed E-state index contributed by atoms with van der Waals surface area (Å²) in [4.78, 5) is 34.2. The molecule has 0 unspecified atom stereocenters. The van der Waals surface area contributed by atoms with Crippen LogP contribution in [0.15, 0.2) is 48.7 Å². The van der Waals surface area contributed by atoms with Crippen molar-refractivity contribution in [3.05, 3.63) is 65.5 Å². The predicted molar refractivity (Wildman–Crippen MR) is 156 cm³/mol. The number of methoxy groups -OCH3 is 2. The minimum Gasteiger partial charge on any atom is -0.496 e. The van der Waals surface area contributed by atoms with Crippen molar-refractivity contribution in [3.63, 3.8) is 0 Å². The normalized spacial score (nSPS) is 13.8. The van der Waals surface area contributed by atoms with E-state index in [1.807, 2.05) is 49.5 Å². The number of fused-ring (bicyclic) bond motifs is 1. The van der Waals surface area contributed by atoms with Crippen molar-refractivity contribution < 1.29 is 19.1 Å². The van der Waals surface area contributed by atoms with Gasteiger partial charge in [0.1, 0.15) is 23.5 Å². The van der Waals surface area contributed by atoms with E-state index < -0.39 is 0 Å². The van der Waals surface area contributed by atoms with E-state index in [0.29, 0.717) is 23.1 Å². The molecular formula is C32H36N4O4. The molecule has 0 radical (unpaired) electrons. The van der Waals surface area contributed by atoms with E-state index in [2.05, 4.69) is 10.3 Å². The maximum atomic E-state index is 13.4. The minimum absolute atomic E-state index is 0.0723. The lowest BCUT2D eigenvalue weighted by Gasteiger charge is -2.22. The summed E-state index contributed by atoms with van der Waals surface area (Å²) in [5.74, 6) is 1.92. The van der Waals surface area contributed by atoms with Gasteiger partial charge in [-0.15, -0.1) is 0 Å². The van der Waals surface area contributed by atoms with Gasteiger partial charge >= 0.3 is 0 Å². The third kappa shape index (κ3) is 5.71. The molecule has 1 amide bonds. The number of ether oxygens (including phenoxy) is 2.